The topological polar surface area (TPSA) is 310 Å². The van der Waals surface area contributed by atoms with Crippen LogP contribution < -0.4 is 36.1 Å². The second-order valence-corrected chi connectivity index (χ2v) is 25.1. The van der Waals surface area contributed by atoms with E-state index < -0.39 is 108 Å². The Balaban J connectivity index is 1.17. The van der Waals surface area contributed by atoms with Gasteiger partial charge in [0.15, 0.2) is 11.5 Å². The third kappa shape index (κ3) is 18.5. The number of nitrogens with one attached hydrogen (secondary N) is 3. The summed E-state index contributed by atoms with van der Waals surface area (Å²) in [5.41, 5.74) is 4.38. The molecule has 2 saturated heterocycles. The molecule has 0 aromatic heterocycles. The number of anilines is 1. The molecule has 11 atom stereocenters. The number of allylic oxidation sites excluding steroid dienone is 3. The lowest BCUT2D eigenvalue weighted by atomic mass is 9.83. The molecule has 1 saturated carbocycles. The number of carbonyl (C=O) groups is 9. The summed E-state index contributed by atoms with van der Waals surface area (Å²) in [5.74, 6) is -4.53. The van der Waals surface area contributed by atoms with Gasteiger partial charge < -0.3 is 64.4 Å². The summed E-state index contributed by atoms with van der Waals surface area (Å²) in [6.07, 6.45) is 4.72. The van der Waals surface area contributed by atoms with Crippen molar-refractivity contribution in [3.63, 3.8) is 0 Å². The van der Waals surface area contributed by atoms with Gasteiger partial charge in [-0.2, -0.15) is 0 Å². The minimum atomic E-state index is -1.92. The predicted octanol–water partition coefficient (Wildman–Crippen LogP) is 7.41. The van der Waals surface area contributed by atoms with Gasteiger partial charge in [-0.3, -0.25) is 34.1 Å². The zero-order valence-corrected chi connectivity index (χ0v) is 54.2. The number of likely N-dealkylation sites (N-methyl/N-ethyl adjacent to an activating group) is 1. The van der Waals surface area contributed by atoms with Gasteiger partial charge in [0.05, 0.1) is 56.1 Å². The summed E-state index contributed by atoms with van der Waals surface area (Å²) in [7, 11) is 7.12. The quantitative estimate of drug-likeness (QED) is 0.0265. The number of fused-ring (bicyclic) bond motifs is 5. The molecule has 3 heterocycles. The van der Waals surface area contributed by atoms with E-state index in [-0.39, 0.29) is 91.1 Å². The number of esters is 2. The molecular weight excluding hydrogens is 1170 g/mol. The number of nitrogens with zero attached hydrogens (tertiary/aromatic N) is 2. The number of hydrogen-bond donors (Lipinski definition) is 5. The monoisotopic (exact) mass is 1260 g/mol. The molecule has 4 bridgehead atoms. The number of aliphatic hydroxyl groups is 1. The van der Waals surface area contributed by atoms with Crippen LogP contribution in [0.15, 0.2) is 54.1 Å². The van der Waals surface area contributed by atoms with Crippen LogP contribution >= 0.6 is 11.6 Å². The van der Waals surface area contributed by atoms with Crippen LogP contribution in [0.1, 0.15) is 147 Å². The Morgan fingerprint density at radius 3 is 2.33 bits per heavy atom. The van der Waals surface area contributed by atoms with Gasteiger partial charge in [0.25, 0.3) is 5.91 Å². The van der Waals surface area contributed by atoms with E-state index in [2.05, 4.69) is 16.0 Å². The van der Waals surface area contributed by atoms with E-state index in [9.17, 15) is 48.3 Å². The van der Waals surface area contributed by atoms with Gasteiger partial charge in [-0.25, -0.2) is 14.4 Å². The van der Waals surface area contributed by atoms with Crippen LogP contribution in [0, 0.1) is 23.7 Å². The Morgan fingerprint density at radius 2 is 1.69 bits per heavy atom. The highest BCUT2D eigenvalue weighted by Gasteiger charge is 2.64. The first kappa shape index (κ1) is 71.0. The Hall–Kier alpha value is -7.08. The maximum absolute atomic E-state index is 14.6. The number of benzene rings is 2. The minimum absolute atomic E-state index is 0.0155. The molecule has 3 fully saturated rings. The summed E-state index contributed by atoms with van der Waals surface area (Å²) in [5, 5.41) is 20.0. The molecule has 0 spiro atoms. The number of amides is 6. The normalized spacial score (nSPS) is 25.1. The zero-order chi connectivity index (χ0) is 65.7. The Kier molecular flexibility index (Phi) is 25.2. The number of alkyl carbamates (subject to hydrolysis) is 1. The fourth-order valence-electron chi connectivity index (χ4n) is 11.6. The van der Waals surface area contributed by atoms with Gasteiger partial charge in [0.2, 0.25) is 11.8 Å². The average Bonchev–Trinajstić information content (AvgIpc) is 1.60. The van der Waals surface area contributed by atoms with Gasteiger partial charge in [-0.05, 0) is 120 Å². The number of Topliss-reactive ketones (excluding diaryl/α,β-unsaturated/α-hetero) is 2. The molecule has 2 aromatic carbocycles. The molecule has 24 heteroatoms. The first-order valence-electron chi connectivity index (χ1n) is 30.7. The maximum atomic E-state index is 14.6. The van der Waals surface area contributed by atoms with Crippen LogP contribution in [0.2, 0.25) is 5.02 Å². The van der Waals surface area contributed by atoms with Crippen LogP contribution in [0.3, 0.4) is 0 Å². The van der Waals surface area contributed by atoms with Gasteiger partial charge in [0, 0.05) is 65.3 Å². The second kappa shape index (κ2) is 31.6. The van der Waals surface area contributed by atoms with E-state index >= 15 is 0 Å². The molecule has 6 rings (SSSR count). The summed E-state index contributed by atoms with van der Waals surface area (Å²) in [4.78, 5) is 124. The molecule has 2 aromatic rings. The average molecular weight is 1260 g/mol. The van der Waals surface area contributed by atoms with E-state index in [0.29, 0.717) is 42.7 Å². The van der Waals surface area contributed by atoms with Crippen molar-refractivity contribution in [3.8, 4) is 11.5 Å². The molecule has 490 valence electrons. The number of unbranched alkanes of at least 4 members (excludes halogenated alkanes) is 1. The number of carbonyl (C=O) groups excluding carboxylic acids is 9. The molecule has 6 amide bonds. The van der Waals surface area contributed by atoms with E-state index in [1.54, 1.807) is 44.2 Å². The second-order valence-electron chi connectivity index (χ2n) is 24.7. The predicted molar refractivity (Wildman–Crippen MR) is 330 cm³/mol. The van der Waals surface area contributed by atoms with Gasteiger partial charge in [0.1, 0.15) is 52.3 Å². The van der Waals surface area contributed by atoms with Crippen molar-refractivity contribution in [2.45, 2.75) is 192 Å². The van der Waals surface area contributed by atoms with Crippen molar-refractivity contribution >= 4 is 70.6 Å². The van der Waals surface area contributed by atoms with Crippen LogP contribution in [0.4, 0.5) is 15.3 Å². The van der Waals surface area contributed by atoms with Crippen molar-refractivity contribution in [1.29, 1.82) is 0 Å². The molecule has 0 radical (unpaired) electrons. The van der Waals surface area contributed by atoms with Gasteiger partial charge in [-0.1, -0.05) is 68.7 Å². The number of halogens is 1. The number of ether oxygens (including phenoxy) is 7. The lowest BCUT2D eigenvalue weighted by Crippen LogP contribution is -2.63. The molecule has 4 aliphatic rings. The summed E-state index contributed by atoms with van der Waals surface area (Å²) in [6, 6.07) is 4.93. The van der Waals surface area contributed by atoms with Crippen molar-refractivity contribution in [3.05, 3.63) is 75.8 Å². The number of primary amides is 1. The molecule has 6 N–H and O–H groups in total. The number of urea groups is 1. The highest BCUT2D eigenvalue weighted by Crippen LogP contribution is 2.49. The van der Waals surface area contributed by atoms with Crippen molar-refractivity contribution in [2.24, 2.45) is 29.4 Å². The number of hydrogen-bond acceptors (Lipinski definition) is 17. The van der Waals surface area contributed by atoms with E-state index in [1.807, 2.05) is 33.8 Å². The number of ketones is 2. The zero-order valence-electron chi connectivity index (χ0n) is 53.4. The fourth-order valence-corrected chi connectivity index (χ4v) is 11.9. The number of methoxy groups -OCH3 is 3. The third-order valence-electron chi connectivity index (χ3n) is 17.7. The van der Waals surface area contributed by atoms with Crippen LogP contribution in [0.5, 0.6) is 11.5 Å². The minimum Gasteiger partial charge on any atom is -0.496 e. The first-order chi connectivity index (χ1) is 42.0. The molecule has 1 aliphatic carbocycles. The molecule has 3 aliphatic heterocycles. The highest BCUT2D eigenvalue weighted by atomic mass is 35.5. The van der Waals surface area contributed by atoms with Crippen molar-refractivity contribution < 1.29 is 81.4 Å². The standard InChI is InChI=1S/C65H91ClN6O17/c1-36(2)46(33-44(73)22-14-13-19-38(4)86-61(79)43-20-16-21-43)58(76)69-47(23-17-27-68-62(67)80)49(74)30-41-25-26-45(50(31-41)83-10)59(77)71(8)40(6)60(78)88-54-34-55(75)72(9)48-29-42(32-51(84-11)56(48)66)28-37(3)18-15-24-53(85-12)65(82)35-52(87-63(81)70-65)39(5)57-64(54,7)89-57/h15,18,24-26,29,31-32,36,38-40,43,46-47,52-54,57,82H,13-14,16-17,19-23,27-28,30,33-35H2,1-12H3,(H,69,76)(H,70,81)(H3,67,68,80)/b24-15+,37-18+/t38?,39-,40+,46+,47+,52+,53-,54+,57+,64+,65+/m1/s1. The number of nitrogens with two attached hydrogens (primary N) is 1. The van der Waals surface area contributed by atoms with E-state index in [0.717, 1.165) is 35.3 Å². The van der Waals surface area contributed by atoms with Crippen molar-refractivity contribution in [1.82, 2.24) is 20.9 Å². The smallest absolute Gasteiger partial charge is 0.409 e. The molecular formula is C65H91ClN6O17. The van der Waals surface area contributed by atoms with Crippen molar-refractivity contribution in [2.75, 3.05) is 46.9 Å². The highest BCUT2D eigenvalue weighted by molar-refractivity contribution is 6.35. The van der Waals surface area contributed by atoms with Crippen LogP contribution in [-0.2, 0) is 65.3 Å². The lowest BCUT2D eigenvalue weighted by molar-refractivity contribution is -0.158. The Labute approximate surface area is 526 Å². The third-order valence-corrected chi connectivity index (χ3v) is 18.0. The summed E-state index contributed by atoms with van der Waals surface area (Å²) >= 11 is 6.87. The van der Waals surface area contributed by atoms with Gasteiger partial charge in [-0.15, -0.1) is 0 Å². The number of epoxide rings is 1. The summed E-state index contributed by atoms with van der Waals surface area (Å²) < 4.78 is 40.9. The lowest BCUT2D eigenvalue weighted by Gasteiger charge is -2.42. The fraction of sp³-hybridized carbons (Fsp3) is 0.615. The number of rotatable bonds is 26. The van der Waals surface area contributed by atoms with Crippen LogP contribution in [-0.4, -0.2) is 159 Å². The molecule has 89 heavy (non-hydrogen) atoms. The van der Waals surface area contributed by atoms with Gasteiger partial charge >= 0.3 is 24.1 Å². The van der Waals surface area contributed by atoms with Crippen LogP contribution in [0.25, 0.3) is 0 Å². The largest absolute Gasteiger partial charge is 0.496 e. The molecule has 23 nitrogen and oxygen atoms in total. The Morgan fingerprint density at radius 1 is 0.978 bits per heavy atom. The SMILES string of the molecule is COc1cc(CC(=O)[C@H](CCCNC(N)=O)NC(=O)[C@@H](CC(=O)CCCCC(C)OC(=O)C2CCC2)C(C)C)ccc1C(=O)N(C)[C@@H](C)C(=O)O[C@H]1CC(=O)N(C)c2cc(cc(OC)c2Cl)C/C(C)=C/C=C/[C@@H](OC)[C@@]2(O)C[C@H](OC(=O)N2)[C@@H](C)[C@@H]2O[C@@]12C. The first-order valence-corrected chi connectivity index (χ1v) is 31.0. The van der Waals surface area contributed by atoms with E-state index in [4.69, 9.17) is 50.5 Å². The summed E-state index contributed by atoms with van der Waals surface area (Å²) in [6.45, 7) is 12.4. The van der Waals surface area contributed by atoms with E-state index in [1.165, 1.54) is 59.4 Å². The molecule has 1 unspecified atom stereocenters. The maximum Gasteiger partial charge on any atom is 0.409 e. The Bertz CT molecular complexity index is 2990.